The monoisotopic (exact) mass is 402 g/mol. The molecule has 0 radical (unpaired) electrons. The standard InChI is InChI=1S/C22H27FN2O4/c1-6-12-25(21(27)16-8-10-17(23)11-9-16)15(5)20(26)18-13(3)19(24-14(18)4)22(28)29-7-2/h8-11,15,24H,6-7,12H2,1-5H3. The number of amides is 1. The van der Waals surface area contributed by atoms with Gasteiger partial charge < -0.3 is 14.6 Å². The minimum absolute atomic E-state index is 0.229. The lowest BCUT2D eigenvalue weighted by Crippen LogP contribution is -2.44. The molecule has 1 aromatic heterocycles. The van der Waals surface area contributed by atoms with E-state index in [1.54, 1.807) is 27.7 Å². The van der Waals surface area contributed by atoms with Gasteiger partial charge in [-0.3, -0.25) is 9.59 Å². The molecule has 0 aliphatic carbocycles. The maximum atomic E-state index is 13.3. The highest BCUT2D eigenvalue weighted by atomic mass is 19.1. The van der Waals surface area contributed by atoms with E-state index in [1.165, 1.54) is 29.2 Å². The zero-order chi connectivity index (χ0) is 21.7. The van der Waals surface area contributed by atoms with Crippen LogP contribution >= 0.6 is 0 Å². The Hall–Kier alpha value is -2.96. The molecular weight excluding hydrogens is 375 g/mol. The van der Waals surface area contributed by atoms with Crippen molar-refractivity contribution in [1.29, 1.82) is 0 Å². The van der Waals surface area contributed by atoms with E-state index in [0.717, 1.165) is 0 Å². The van der Waals surface area contributed by atoms with E-state index < -0.39 is 17.8 Å². The van der Waals surface area contributed by atoms with Gasteiger partial charge in [-0.1, -0.05) is 6.92 Å². The molecule has 2 rings (SSSR count). The van der Waals surface area contributed by atoms with Gasteiger partial charge in [-0.2, -0.15) is 0 Å². The summed E-state index contributed by atoms with van der Waals surface area (Å²) in [6.45, 7) is 9.27. The highest BCUT2D eigenvalue weighted by Gasteiger charge is 2.31. The van der Waals surface area contributed by atoms with Crippen LogP contribution in [0.2, 0.25) is 0 Å². The molecule has 7 heteroatoms. The Kier molecular flexibility index (Phi) is 7.31. The third kappa shape index (κ3) is 4.72. The van der Waals surface area contributed by atoms with Crippen molar-refractivity contribution in [3.8, 4) is 0 Å². The third-order valence-electron chi connectivity index (χ3n) is 4.83. The van der Waals surface area contributed by atoms with Crippen LogP contribution in [0.25, 0.3) is 0 Å². The summed E-state index contributed by atoms with van der Waals surface area (Å²) < 4.78 is 18.2. The molecule has 1 heterocycles. The first-order valence-corrected chi connectivity index (χ1v) is 9.69. The minimum Gasteiger partial charge on any atom is -0.461 e. The Morgan fingerprint density at radius 1 is 1.14 bits per heavy atom. The third-order valence-corrected chi connectivity index (χ3v) is 4.83. The molecule has 0 saturated heterocycles. The molecule has 0 bridgehead atoms. The summed E-state index contributed by atoms with van der Waals surface area (Å²) in [5.74, 6) is -1.56. The predicted molar refractivity (Wildman–Crippen MR) is 108 cm³/mol. The Morgan fingerprint density at radius 3 is 2.31 bits per heavy atom. The molecule has 1 N–H and O–H groups in total. The Balaban J connectivity index is 2.36. The molecule has 6 nitrogen and oxygen atoms in total. The number of halogens is 1. The Bertz CT molecular complexity index is 902. The van der Waals surface area contributed by atoms with Crippen LogP contribution in [0.3, 0.4) is 0 Å². The lowest BCUT2D eigenvalue weighted by molar-refractivity contribution is 0.0519. The van der Waals surface area contributed by atoms with Crippen LogP contribution in [0.4, 0.5) is 4.39 Å². The number of aromatic amines is 1. The summed E-state index contributed by atoms with van der Waals surface area (Å²) in [6.07, 6.45) is 0.656. The van der Waals surface area contributed by atoms with Gasteiger partial charge >= 0.3 is 5.97 Å². The Labute approximate surface area is 170 Å². The summed E-state index contributed by atoms with van der Waals surface area (Å²) in [6, 6.07) is 4.49. The number of benzene rings is 1. The number of nitrogens with zero attached hydrogens (tertiary/aromatic N) is 1. The molecule has 0 saturated carbocycles. The highest BCUT2D eigenvalue weighted by Crippen LogP contribution is 2.23. The second kappa shape index (κ2) is 9.49. The molecule has 2 aromatic rings. The number of H-pyrrole nitrogens is 1. The van der Waals surface area contributed by atoms with Crippen LogP contribution in [0.15, 0.2) is 24.3 Å². The van der Waals surface area contributed by atoms with Crippen LogP contribution < -0.4 is 0 Å². The first kappa shape index (κ1) is 22.3. The first-order valence-electron chi connectivity index (χ1n) is 9.69. The number of Topliss-reactive ketones (excluding diaryl/α,β-unsaturated/α-hetero) is 1. The van der Waals surface area contributed by atoms with Crippen LogP contribution in [0.5, 0.6) is 0 Å². The largest absolute Gasteiger partial charge is 0.461 e. The van der Waals surface area contributed by atoms with Crippen molar-refractivity contribution < 1.29 is 23.5 Å². The maximum Gasteiger partial charge on any atom is 0.355 e. The summed E-state index contributed by atoms with van der Waals surface area (Å²) in [5.41, 5.74) is 1.99. The molecule has 0 fully saturated rings. The van der Waals surface area contributed by atoms with Crippen LogP contribution in [0.1, 0.15) is 69.7 Å². The van der Waals surface area contributed by atoms with Crippen LogP contribution in [-0.4, -0.2) is 46.7 Å². The number of carbonyl (C=O) groups is 3. The van der Waals surface area contributed by atoms with E-state index in [-0.39, 0.29) is 24.0 Å². The van der Waals surface area contributed by atoms with E-state index in [2.05, 4.69) is 4.98 Å². The van der Waals surface area contributed by atoms with Crippen molar-refractivity contribution in [1.82, 2.24) is 9.88 Å². The summed E-state index contributed by atoms with van der Waals surface area (Å²) in [7, 11) is 0. The minimum atomic E-state index is -0.754. The molecule has 1 amide bonds. The zero-order valence-electron chi connectivity index (χ0n) is 17.5. The van der Waals surface area contributed by atoms with Gasteiger partial charge in [0, 0.05) is 23.4 Å². The van der Waals surface area contributed by atoms with Crippen molar-refractivity contribution in [2.45, 2.75) is 47.1 Å². The molecule has 29 heavy (non-hydrogen) atoms. The van der Waals surface area contributed by atoms with E-state index >= 15 is 0 Å². The van der Waals surface area contributed by atoms with E-state index in [1.807, 2.05) is 6.92 Å². The predicted octanol–water partition coefficient (Wildman–Crippen LogP) is 4.07. The molecule has 1 atom stereocenters. The number of rotatable bonds is 8. The number of aryl methyl sites for hydroxylation is 1. The number of ether oxygens (including phenoxy) is 1. The number of nitrogens with one attached hydrogen (secondary N) is 1. The van der Waals surface area contributed by atoms with Crippen molar-refractivity contribution in [2.75, 3.05) is 13.2 Å². The molecule has 0 aliphatic rings. The fourth-order valence-electron chi connectivity index (χ4n) is 3.35. The molecule has 0 aliphatic heterocycles. The average molecular weight is 402 g/mol. The molecule has 1 unspecified atom stereocenters. The van der Waals surface area contributed by atoms with Crippen molar-refractivity contribution in [3.05, 3.63) is 58.2 Å². The highest BCUT2D eigenvalue weighted by molar-refractivity contribution is 6.07. The number of aromatic nitrogens is 1. The summed E-state index contributed by atoms with van der Waals surface area (Å²) >= 11 is 0. The van der Waals surface area contributed by atoms with Crippen molar-refractivity contribution in [2.24, 2.45) is 0 Å². The van der Waals surface area contributed by atoms with Gasteiger partial charge in [0.05, 0.1) is 12.6 Å². The smallest absolute Gasteiger partial charge is 0.355 e. The number of carbonyl (C=O) groups excluding carboxylic acids is 3. The van der Waals surface area contributed by atoms with E-state index in [0.29, 0.717) is 35.3 Å². The van der Waals surface area contributed by atoms with Gasteiger partial charge in [0.2, 0.25) is 0 Å². The van der Waals surface area contributed by atoms with Gasteiger partial charge in [0.15, 0.2) is 5.78 Å². The quantitative estimate of drug-likeness (QED) is 0.533. The van der Waals surface area contributed by atoms with Gasteiger partial charge in [-0.15, -0.1) is 0 Å². The number of hydrogen-bond acceptors (Lipinski definition) is 4. The van der Waals surface area contributed by atoms with Crippen molar-refractivity contribution >= 4 is 17.7 Å². The molecular formula is C22H27FN2O4. The lowest BCUT2D eigenvalue weighted by atomic mass is 9.99. The second-order valence-electron chi connectivity index (χ2n) is 6.89. The van der Waals surface area contributed by atoms with Gasteiger partial charge in [-0.25, -0.2) is 9.18 Å². The summed E-state index contributed by atoms with van der Waals surface area (Å²) in [5, 5.41) is 0. The van der Waals surface area contributed by atoms with Gasteiger partial charge in [0.25, 0.3) is 5.91 Å². The SMILES string of the molecule is CCCN(C(=O)c1ccc(F)cc1)C(C)C(=O)c1c(C)[nH]c(C(=O)OCC)c1C. The molecule has 0 spiro atoms. The maximum absolute atomic E-state index is 13.3. The molecule has 156 valence electrons. The first-order chi connectivity index (χ1) is 13.7. The van der Waals surface area contributed by atoms with Gasteiger partial charge in [0.1, 0.15) is 11.5 Å². The van der Waals surface area contributed by atoms with Gasteiger partial charge in [-0.05, 0) is 63.9 Å². The van der Waals surface area contributed by atoms with E-state index in [9.17, 15) is 18.8 Å². The van der Waals surface area contributed by atoms with E-state index in [4.69, 9.17) is 4.74 Å². The average Bonchev–Trinajstić information content (AvgIpc) is 2.99. The number of ketones is 1. The fourth-order valence-corrected chi connectivity index (χ4v) is 3.35. The topological polar surface area (TPSA) is 79.5 Å². The fraction of sp³-hybridized carbons (Fsp3) is 0.409. The second-order valence-corrected chi connectivity index (χ2v) is 6.89. The molecule has 1 aromatic carbocycles. The normalized spacial score (nSPS) is 11.8. The number of hydrogen-bond donors (Lipinski definition) is 1. The number of esters is 1. The lowest BCUT2D eigenvalue weighted by Gasteiger charge is -2.28. The van der Waals surface area contributed by atoms with Crippen LogP contribution in [0, 0.1) is 19.7 Å². The summed E-state index contributed by atoms with van der Waals surface area (Å²) in [4.78, 5) is 42.8. The Morgan fingerprint density at radius 2 is 1.76 bits per heavy atom. The van der Waals surface area contributed by atoms with Crippen molar-refractivity contribution in [3.63, 3.8) is 0 Å². The zero-order valence-corrected chi connectivity index (χ0v) is 17.5. The van der Waals surface area contributed by atoms with Crippen LogP contribution in [-0.2, 0) is 4.74 Å².